The van der Waals surface area contributed by atoms with E-state index in [0.717, 1.165) is 5.56 Å². The van der Waals surface area contributed by atoms with Gasteiger partial charge in [-0.25, -0.2) is 0 Å². The van der Waals surface area contributed by atoms with E-state index in [1.807, 2.05) is 12.1 Å². The molecule has 0 unspecified atom stereocenters. The molecule has 98 valence electrons. The number of carboxylic acids is 1. The van der Waals surface area contributed by atoms with Gasteiger partial charge in [0.15, 0.2) is 0 Å². The first-order valence-corrected chi connectivity index (χ1v) is 5.76. The monoisotopic (exact) mass is 251 g/mol. The average Bonchev–Trinajstić information content (AvgIpc) is 2.33. The smallest absolute Gasteiger partial charge is 0.303 e. The van der Waals surface area contributed by atoms with Crippen LogP contribution in [0.1, 0.15) is 25.3 Å². The van der Waals surface area contributed by atoms with E-state index in [1.165, 1.54) is 6.92 Å². The topological polar surface area (TPSA) is 75.6 Å². The van der Waals surface area contributed by atoms with Gasteiger partial charge in [-0.05, 0) is 24.1 Å². The van der Waals surface area contributed by atoms with Crippen molar-refractivity contribution in [3.63, 3.8) is 0 Å². The van der Waals surface area contributed by atoms with Gasteiger partial charge in [-0.2, -0.15) is 0 Å². The lowest BCUT2D eigenvalue weighted by molar-refractivity contribution is -0.137. The minimum atomic E-state index is -0.816. The largest absolute Gasteiger partial charge is 0.494 e. The number of hydrogen-bond donors (Lipinski definition) is 2. The second-order valence-electron chi connectivity index (χ2n) is 3.90. The molecule has 0 aliphatic rings. The van der Waals surface area contributed by atoms with Crippen molar-refractivity contribution in [1.29, 1.82) is 0 Å². The summed E-state index contributed by atoms with van der Waals surface area (Å²) >= 11 is 0. The normalized spacial score (nSPS) is 9.83. The highest BCUT2D eigenvalue weighted by molar-refractivity contribution is 5.72. The molecule has 5 nitrogen and oxygen atoms in total. The number of hydrogen-bond acceptors (Lipinski definition) is 3. The molecular weight excluding hydrogens is 234 g/mol. The Labute approximate surface area is 106 Å². The Morgan fingerprint density at radius 2 is 1.94 bits per heavy atom. The number of carboxylic acid groups (broad SMARTS) is 1. The highest BCUT2D eigenvalue weighted by Crippen LogP contribution is 2.12. The van der Waals surface area contributed by atoms with Crippen LogP contribution in [0.15, 0.2) is 24.3 Å². The maximum absolute atomic E-state index is 10.7. The van der Waals surface area contributed by atoms with Crippen LogP contribution in [0.3, 0.4) is 0 Å². The predicted molar refractivity (Wildman–Crippen MR) is 66.3 cm³/mol. The van der Waals surface area contributed by atoms with E-state index in [0.29, 0.717) is 25.3 Å². The van der Waals surface area contributed by atoms with Gasteiger partial charge in [-0.1, -0.05) is 12.1 Å². The number of benzene rings is 1. The third-order valence-electron chi connectivity index (χ3n) is 2.27. The van der Waals surface area contributed by atoms with Gasteiger partial charge in [-0.15, -0.1) is 0 Å². The van der Waals surface area contributed by atoms with E-state index in [4.69, 9.17) is 9.84 Å². The van der Waals surface area contributed by atoms with Crippen molar-refractivity contribution >= 4 is 11.9 Å². The van der Waals surface area contributed by atoms with Crippen LogP contribution in [0.25, 0.3) is 0 Å². The van der Waals surface area contributed by atoms with Crippen LogP contribution in [-0.2, 0) is 16.1 Å². The highest BCUT2D eigenvalue weighted by atomic mass is 16.5. The first kappa shape index (κ1) is 14.0. The maximum Gasteiger partial charge on any atom is 0.303 e. The van der Waals surface area contributed by atoms with Gasteiger partial charge in [0.25, 0.3) is 0 Å². The summed E-state index contributed by atoms with van der Waals surface area (Å²) in [7, 11) is 0. The number of rotatable bonds is 7. The molecular formula is C13H17NO4. The number of ether oxygens (including phenoxy) is 1. The van der Waals surface area contributed by atoms with Crippen LogP contribution in [-0.4, -0.2) is 23.6 Å². The molecule has 0 atom stereocenters. The molecule has 0 bridgehead atoms. The lowest BCUT2D eigenvalue weighted by atomic mass is 10.2. The van der Waals surface area contributed by atoms with Crippen LogP contribution >= 0.6 is 0 Å². The van der Waals surface area contributed by atoms with E-state index in [-0.39, 0.29) is 12.3 Å². The summed E-state index contributed by atoms with van der Waals surface area (Å²) < 4.78 is 5.39. The van der Waals surface area contributed by atoms with Crippen molar-refractivity contribution in [3.05, 3.63) is 29.8 Å². The number of amides is 1. The van der Waals surface area contributed by atoms with E-state index in [2.05, 4.69) is 5.32 Å². The Hall–Kier alpha value is -2.04. The van der Waals surface area contributed by atoms with Gasteiger partial charge in [0, 0.05) is 19.9 Å². The molecule has 0 radical (unpaired) electrons. The van der Waals surface area contributed by atoms with E-state index < -0.39 is 5.97 Å². The lowest BCUT2D eigenvalue weighted by Crippen LogP contribution is -2.18. The molecule has 1 rings (SSSR count). The molecule has 5 heteroatoms. The molecule has 0 saturated carbocycles. The van der Waals surface area contributed by atoms with Gasteiger partial charge in [-0.3, -0.25) is 9.59 Å². The molecule has 1 amide bonds. The molecule has 0 heterocycles. The summed E-state index contributed by atoms with van der Waals surface area (Å²) in [6.45, 7) is 2.35. The van der Waals surface area contributed by atoms with Gasteiger partial charge < -0.3 is 15.2 Å². The fourth-order valence-corrected chi connectivity index (χ4v) is 1.34. The number of aliphatic carboxylic acids is 1. The quantitative estimate of drug-likeness (QED) is 0.721. The molecule has 0 aliphatic heterocycles. The lowest BCUT2D eigenvalue weighted by Gasteiger charge is -2.07. The molecule has 0 aliphatic carbocycles. The Balaban J connectivity index is 2.31. The molecule has 1 aromatic rings. The first-order valence-electron chi connectivity index (χ1n) is 5.76. The fraction of sp³-hybridized carbons (Fsp3) is 0.385. The zero-order valence-corrected chi connectivity index (χ0v) is 10.3. The van der Waals surface area contributed by atoms with Crippen LogP contribution in [0.5, 0.6) is 5.75 Å². The van der Waals surface area contributed by atoms with Crippen molar-refractivity contribution in [1.82, 2.24) is 5.32 Å². The molecule has 1 aromatic carbocycles. The van der Waals surface area contributed by atoms with E-state index in [9.17, 15) is 9.59 Å². The first-order chi connectivity index (χ1) is 8.58. The fourth-order valence-electron chi connectivity index (χ4n) is 1.34. The Bertz CT molecular complexity index is 400. The summed E-state index contributed by atoms with van der Waals surface area (Å²) in [5, 5.41) is 11.2. The third kappa shape index (κ3) is 5.89. The van der Waals surface area contributed by atoms with Crippen LogP contribution in [0, 0.1) is 0 Å². The molecule has 0 fully saturated rings. The SMILES string of the molecule is CC(=O)NCc1ccc(OCCCC(=O)O)cc1. The van der Waals surface area contributed by atoms with Gasteiger partial charge in [0.2, 0.25) is 5.91 Å². The number of carbonyl (C=O) groups excluding carboxylic acids is 1. The number of nitrogens with one attached hydrogen (secondary N) is 1. The summed E-state index contributed by atoms with van der Waals surface area (Å²) in [6.07, 6.45) is 0.601. The molecule has 0 saturated heterocycles. The van der Waals surface area contributed by atoms with Gasteiger partial charge in [0.05, 0.1) is 6.61 Å². The summed E-state index contributed by atoms with van der Waals surface area (Å²) in [4.78, 5) is 21.0. The molecule has 0 aromatic heterocycles. The third-order valence-corrected chi connectivity index (χ3v) is 2.27. The van der Waals surface area contributed by atoms with E-state index in [1.54, 1.807) is 12.1 Å². The maximum atomic E-state index is 10.7. The standard InChI is InChI=1S/C13H17NO4/c1-10(15)14-9-11-4-6-12(7-5-11)18-8-2-3-13(16)17/h4-7H,2-3,8-9H2,1H3,(H,14,15)(H,16,17). The zero-order valence-electron chi connectivity index (χ0n) is 10.3. The predicted octanol–water partition coefficient (Wildman–Crippen LogP) is 1.57. The average molecular weight is 251 g/mol. The van der Waals surface area contributed by atoms with Crippen molar-refractivity contribution in [2.45, 2.75) is 26.3 Å². The van der Waals surface area contributed by atoms with Crippen molar-refractivity contribution in [2.24, 2.45) is 0 Å². The van der Waals surface area contributed by atoms with Crippen molar-refractivity contribution in [3.8, 4) is 5.75 Å². The van der Waals surface area contributed by atoms with Crippen LogP contribution in [0.2, 0.25) is 0 Å². The van der Waals surface area contributed by atoms with E-state index >= 15 is 0 Å². The Morgan fingerprint density at radius 1 is 1.28 bits per heavy atom. The second kappa shape index (κ2) is 7.32. The minimum Gasteiger partial charge on any atom is -0.494 e. The molecule has 18 heavy (non-hydrogen) atoms. The van der Waals surface area contributed by atoms with Crippen LogP contribution < -0.4 is 10.1 Å². The summed E-state index contributed by atoms with van der Waals surface area (Å²) in [5.74, 6) is -0.180. The molecule has 0 spiro atoms. The highest BCUT2D eigenvalue weighted by Gasteiger charge is 1.99. The summed E-state index contributed by atoms with van der Waals surface area (Å²) in [5.41, 5.74) is 0.989. The second-order valence-corrected chi connectivity index (χ2v) is 3.90. The molecule has 2 N–H and O–H groups in total. The zero-order chi connectivity index (χ0) is 13.4. The van der Waals surface area contributed by atoms with Crippen molar-refractivity contribution < 1.29 is 19.4 Å². The van der Waals surface area contributed by atoms with Crippen LogP contribution in [0.4, 0.5) is 0 Å². The van der Waals surface area contributed by atoms with Gasteiger partial charge >= 0.3 is 5.97 Å². The summed E-state index contributed by atoms with van der Waals surface area (Å²) in [6, 6.07) is 7.33. The van der Waals surface area contributed by atoms with Gasteiger partial charge in [0.1, 0.15) is 5.75 Å². The Morgan fingerprint density at radius 3 is 2.50 bits per heavy atom. The Kier molecular flexibility index (Phi) is 5.70. The number of carbonyl (C=O) groups is 2. The minimum absolute atomic E-state index is 0.0657. The van der Waals surface area contributed by atoms with Crippen molar-refractivity contribution in [2.75, 3.05) is 6.61 Å².